The summed E-state index contributed by atoms with van der Waals surface area (Å²) in [6.07, 6.45) is 4.28. The maximum Gasteiger partial charge on any atom is 0.212 e. The molecule has 4 rings (SSSR count). The van der Waals surface area contributed by atoms with Crippen LogP contribution in [-0.4, -0.2) is 57.8 Å². The summed E-state index contributed by atoms with van der Waals surface area (Å²) in [6.45, 7) is 5.13. The highest BCUT2D eigenvalue weighted by Gasteiger charge is 2.36. The Balaban J connectivity index is 1.55. The van der Waals surface area contributed by atoms with E-state index in [0.29, 0.717) is 17.6 Å². The van der Waals surface area contributed by atoms with Crippen molar-refractivity contribution in [2.75, 3.05) is 38.5 Å². The van der Waals surface area contributed by atoms with Crippen LogP contribution in [0.3, 0.4) is 0 Å². The first kappa shape index (κ1) is 13.8. The number of fused-ring (bicyclic) bond motifs is 3. The van der Waals surface area contributed by atoms with Crippen LogP contribution < -0.4 is 10.0 Å². The van der Waals surface area contributed by atoms with E-state index in [1.165, 1.54) is 0 Å². The van der Waals surface area contributed by atoms with Crippen LogP contribution in [0.4, 0.5) is 0 Å². The summed E-state index contributed by atoms with van der Waals surface area (Å²) in [4.78, 5) is 2.39. The van der Waals surface area contributed by atoms with E-state index in [4.69, 9.17) is 0 Å². The molecule has 4 aliphatic rings. The molecule has 19 heavy (non-hydrogen) atoms. The summed E-state index contributed by atoms with van der Waals surface area (Å²) < 4.78 is 27.6. The zero-order valence-electron chi connectivity index (χ0n) is 11.5. The van der Waals surface area contributed by atoms with Crippen molar-refractivity contribution in [3.8, 4) is 0 Å². The maximum atomic E-state index is 12.3. The largest absolute Gasteiger partial charge is 0.317 e. The standard InChI is InChI=1S/C13H25N3O2S/c17-19(18,10-11-1-5-14-6-2-11)15-13-9-16-7-3-12(13)4-8-16/h11-15H,1-10H2. The SMILES string of the molecule is O=S(=O)(CC1CCNCC1)NC1CN2CCC1CC2. The molecule has 5 nitrogen and oxygen atoms in total. The predicted molar refractivity (Wildman–Crippen MR) is 75.5 cm³/mol. The first-order chi connectivity index (χ1) is 9.12. The van der Waals surface area contributed by atoms with Gasteiger partial charge in [-0.25, -0.2) is 13.1 Å². The van der Waals surface area contributed by atoms with Crippen LogP contribution in [0, 0.1) is 11.8 Å². The van der Waals surface area contributed by atoms with Crippen LogP contribution in [0.2, 0.25) is 0 Å². The van der Waals surface area contributed by atoms with Crippen molar-refractivity contribution in [1.29, 1.82) is 0 Å². The molecule has 0 amide bonds. The molecule has 1 atom stereocenters. The molecule has 0 spiro atoms. The Morgan fingerprint density at radius 2 is 1.79 bits per heavy atom. The van der Waals surface area contributed by atoms with Crippen molar-refractivity contribution in [2.24, 2.45) is 11.8 Å². The summed E-state index contributed by atoms with van der Waals surface area (Å²) >= 11 is 0. The summed E-state index contributed by atoms with van der Waals surface area (Å²) in [5.74, 6) is 1.21. The molecule has 6 heteroatoms. The highest BCUT2D eigenvalue weighted by atomic mass is 32.2. The molecule has 0 aliphatic carbocycles. The zero-order valence-corrected chi connectivity index (χ0v) is 12.3. The van der Waals surface area contributed by atoms with Gasteiger partial charge in [0.2, 0.25) is 10.0 Å². The topological polar surface area (TPSA) is 61.4 Å². The van der Waals surface area contributed by atoms with Gasteiger partial charge in [0.15, 0.2) is 0 Å². The van der Waals surface area contributed by atoms with Gasteiger partial charge in [0.05, 0.1) is 5.75 Å². The first-order valence-corrected chi connectivity index (χ1v) is 9.21. The quantitative estimate of drug-likeness (QED) is 0.764. The summed E-state index contributed by atoms with van der Waals surface area (Å²) in [7, 11) is -3.11. The molecule has 0 aromatic heterocycles. The zero-order chi connectivity index (χ0) is 13.3. The van der Waals surface area contributed by atoms with Crippen molar-refractivity contribution in [3.05, 3.63) is 0 Å². The number of piperidine rings is 4. The molecule has 110 valence electrons. The lowest BCUT2D eigenvalue weighted by molar-refractivity contribution is 0.0826. The number of sulfonamides is 1. The van der Waals surface area contributed by atoms with Crippen molar-refractivity contribution in [1.82, 2.24) is 14.9 Å². The third kappa shape index (κ3) is 3.48. The van der Waals surface area contributed by atoms with Gasteiger partial charge in [0.25, 0.3) is 0 Å². The molecule has 4 saturated heterocycles. The van der Waals surface area contributed by atoms with Crippen LogP contribution >= 0.6 is 0 Å². The number of hydrogen-bond acceptors (Lipinski definition) is 4. The molecule has 4 heterocycles. The molecule has 0 radical (unpaired) electrons. The van der Waals surface area contributed by atoms with Gasteiger partial charge in [0, 0.05) is 12.6 Å². The lowest BCUT2D eigenvalue weighted by atomic mass is 9.85. The smallest absolute Gasteiger partial charge is 0.212 e. The van der Waals surface area contributed by atoms with Crippen molar-refractivity contribution in [2.45, 2.75) is 31.7 Å². The minimum atomic E-state index is -3.11. The molecule has 2 N–H and O–H groups in total. The number of hydrogen-bond donors (Lipinski definition) is 2. The van der Waals surface area contributed by atoms with Gasteiger partial charge in [0.1, 0.15) is 0 Å². The molecule has 0 aromatic rings. The van der Waals surface area contributed by atoms with E-state index in [9.17, 15) is 8.42 Å². The third-order valence-corrected chi connectivity index (χ3v) is 6.47. The van der Waals surface area contributed by atoms with Crippen LogP contribution in [0.15, 0.2) is 0 Å². The number of rotatable bonds is 4. The summed E-state index contributed by atoms with van der Waals surface area (Å²) in [6, 6.07) is 0.161. The van der Waals surface area contributed by atoms with Crippen LogP contribution in [0.5, 0.6) is 0 Å². The van der Waals surface area contributed by atoms with E-state index in [1.807, 2.05) is 0 Å². The second-order valence-corrected chi connectivity index (χ2v) is 8.14. The minimum Gasteiger partial charge on any atom is -0.317 e. The Morgan fingerprint density at radius 3 is 2.37 bits per heavy atom. The molecular weight excluding hydrogens is 262 g/mol. The molecule has 4 fully saturated rings. The van der Waals surface area contributed by atoms with Gasteiger partial charge in [-0.2, -0.15) is 0 Å². The summed E-state index contributed by atoms with van der Waals surface area (Å²) in [5.41, 5.74) is 0. The highest BCUT2D eigenvalue weighted by Crippen LogP contribution is 2.28. The molecule has 0 aromatic carbocycles. The lowest BCUT2D eigenvalue weighted by Crippen LogP contribution is -2.57. The van der Waals surface area contributed by atoms with Crippen molar-refractivity contribution in [3.63, 3.8) is 0 Å². The Bertz CT molecular complexity index is 398. The van der Waals surface area contributed by atoms with Crippen LogP contribution in [0.25, 0.3) is 0 Å². The van der Waals surface area contributed by atoms with E-state index < -0.39 is 10.0 Å². The van der Waals surface area contributed by atoms with E-state index in [-0.39, 0.29) is 6.04 Å². The normalized spacial score (nSPS) is 36.5. The fourth-order valence-electron chi connectivity index (χ4n) is 3.74. The van der Waals surface area contributed by atoms with Crippen LogP contribution in [-0.2, 0) is 10.0 Å². The fourth-order valence-corrected chi connectivity index (χ4v) is 5.51. The van der Waals surface area contributed by atoms with Gasteiger partial charge in [-0.1, -0.05) is 0 Å². The van der Waals surface area contributed by atoms with Crippen molar-refractivity contribution >= 4 is 10.0 Å². The molecule has 0 saturated carbocycles. The summed E-state index contributed by atoms with van der Waals surface area (Å²) in [5, 5.41) is 3.28. The predicted octanol–water partition coefficient (Wildman–Crippen LogP) is -0.000400. The van der Waals surface area contributed by atoms with Crippen molar-refractivity contribution < 1.29 is 8.42 Å². The second kappa shape index (κ2) is 5.68. The lowest BCUT2D eigenvalue weighted by Gasteiger charge is -2.44. The number of nitrogens with one attached hydrogen (secondary N) is 2. The average Bonchev–Trinajstić information content (AvgIpc) is 2.40. The Labute approximate surface area is 116 Å². The fraction of sp³-hybridized carbons (Fsp3) is 1.00. The van der Waals surface area contributed by atoms with Crippen LogP contribution in [0.1, 0.15) is 25.7 Å². The Kier molecular flexibility index (Phi) is 4.12. The van der Waals surface area contributed by atoms with E-state index in [1.54, 1.807) is 0 Å². The van der Waals surface area contributed by atoms with Gasteiger partial charge in [-0.05, 0) is 63.7 Å². The molecule has 2 bridgehead atoms. The monoisotopic (exact) mass is 287 g/mol. The molecule has 1 unspecified atom stereocenters. The van der Waals surface area contributed by atoms with Gasteiger partial charge in [-0.3, -0.25) is 0 Å². The number of nitrogens with zero attached hydrogens (tertiary/aromatic N) is 1. The molecule has 4 aliphatic heterocycles. The van der Waals surface area contributed by atoms with Gasteiger partial charge >= 0.3 is 0 Å². The minimum absolute atomic E-state index is 0.161. The Hall–Kier alpha value is -0.170. The third-order valence-electron chi connectivity index (χ3n) is 4.90. The first-order valence-electron chi connectivity index (χ1n) is 7.55. The highest BCUT2D eigenvalue weighted by molar-refractivity contribution is 7.89. The molecular formula is C13H25N3O2S. The Morgan fingerprint density at radius 1 is 1.11 bits per heavy atom. The maximum absolute atomic E-state index is 12.3. The van der Waals surface area contributed by atoms with Gasteiger partial charge < -0.3 is 10.2 Å². The van der Waals surface area contributed by atoms with E-state index in [2.05, 4.69) is 14.9 Å². The van der Waals surface area contributed by atoms with E-state index in [0.717, 1.165) is 58.4 Å². The second-order valence-electron chi connectivity index (χ2n) is 6.34. The van der Waals surface area contributed by atoms with E-state index >= 15 is 0 Å². The van der Waals surface area contributed by atoms with Gasteiger partial charge in [-0.15, -0.1) is 0 Å². The average molecular weight is 287 g/mol.